The number of nitrogens with two attached hydrogens (primary N) is 1. The van der Waals surface area contributed by atoms with Gasteiger partial charge in [-0.2, -0.15) is 26.6 Å². The number of nitrogens with one attached hydrogen (secondary N) is 2. The number of hydrogen-bond acceptors (Lipinski definition) is 6. The fourth-order valence-corrected chi connectivity index (χ4v) is 3.32. The normalized spacial score (nSPS) is 12.2. The van der Waals surface area contributed by atoms with Crippen LogP contribution in [0.5, 0.6) is 0 Å². The Morgan fingerprint density at radius 3 is 2.50 bits per heavy atom. The van der Waals surface area contributed by atoms with E-state index in [-0.39, 0.29) is 28.2 Å². The highest BCUT2D eigenvalue weighted by Crippen LogP contribution is 2.43. The van der Waals surface area contributed by atoms with Gasteiger partial charge in [-0.05, 0) is 29.8 Å². The third kappa shape index (κ3) is 4.18. The number of nitrogens with zero attached hydrogens (tertiary/aromatic N) is 2. The van der Waals surface area contributed by atoms with Gasteiger partial charge >= 0.3 is 6.18 Å². The van der Waals surface area contributed by atoms with E-state index >= 15 is 0 Å². The van der Waals surface area contributed by atoms with E-state index < -0.39 is 32.3 Å². The van der Waals surface area contributed by atoms with Crippen LogP contribution < -0.4 is 11.1 Å². The van der Waals surface area contributed by atoms with Crippen LogP contribution in [0.1, 0.15) is 5.56 Å². The Labute approximate surface area is 161 Å². The fourth-order valence-electron chi connectivity index (χ4n) is 2.47. The van der Waals surface area contributed by atoms with E-state index in [0.29, 0.717) is 0 Å². The van der Waals surface area contributed by atoms with Crippen molar-refractivity contribution in [3.63, 3.8) is 0 Å². The molecule has 0 aliphatic rings. The van der Waals surface area contributed by atoms with E-state index in [0.717, 1.165) is 18.2 Å². The maximum atomic E-state index is 13.7. The molecule has 0 fully saturated rings. The summed E-state index contributed by atoms with van der Waals surface area (Å²) in [5.74, 6) is -0.105. The van der Waals surface area contributed by atoms with Gasteiger partial charge in [0.25, 0.3) is 10.1 Å². The van der Waals surface area contributed by atoms with Gasteiger partial charge in [0.05, 0.1) is 15.5 Å². The molecule has 3 aromatic rings. The van der Waals surface area contributed by atoms with Crippen LogP contribution in [0.15, 0.2) is 41.3 Å². The highest BCUT2D eigenvalue weighted by atomic mass is 35.5. The van der Waals surface area contributed by atoms with E-state index in [4.69, 9.17) is 21.9 Å². The van der Waals surface area contributed by atoms with Gasteiger partial charge < -0.3 is 11.1 Å². The first-order chi connectivity index (χ1) is 12.9. The summed E-state index contributed by atoms with van der Waals surface area (Å²) in [4.78, 5) is 3.17. The minimum Gasteiger partial charge on any atom is -0.368 e. The predicted octanol–water partition coefficient (Wildman–Crippen LogP) is 3.72. The summed E-state index contributed by atoms with van der Waals surface area (Å²) in [7, 11) is -4.61. The first-order valence-electron chi connectivity index (χ1n) is 7.39. The number of hydrogen-bond donors (Lipinski definition) is 4. The van der Waals surface area contributed by atoms with Crippen LogP contribution >= 0.6 is 11.6 Å². The molecule has 0 saturated carbocycles. The fraction of sp³-hybridized carbons (Fsp3) is 0.0667. The SMILES string of the molecule is Nc1nc(Nc2cc(Cl)c(-c3cccc(S(=O)(=O)O)c3)c(C(F)(F)F)c2)n[nH]1. The summed E-state index contributed by atoms with van der Waals surface area (Å²) in [6.45, 7) is 0. The number of aromatic amines is 1. The number of nitrogen functional groups attached to an aromatic ring is 1. The summed E-state index contributed by atoms with van der Waals surface area (Å²) in [5, 5.41) is 8.21. The lowest BCUT2D eigenvalue weighted by atomic mass is 9.98. The molecule has 0 unspecified atom stereocenters. The largest absolute Gasteiger partial charge is 0.417 e. The summed E-state index contributed by atoms with van der Waals surface area (Å²) >= 11 is 6.09. The minimum absolute atomic E-state index is 0.0386. The van der Waals surface area contributed by atoms with Crippen LogP contribution in [0.3, 0.4) is 0 Å². The van der Waals surface area contributed by atoms with Gasteiger partial charge in [0, 0.05) is 11.3 Å². The Morgan fingerprint density at radius 2 is 1.93 bits per heavy atom. The molecule has 0 bridgehead atoms. The van der Waals surface area contributed by atoms with E-state index in [2.05, 4.69) is 20.5 Å². The maximum absolute atomic E-state index is 13.7. The molecule has 2 aromatic carbocycles. The third-order valence-electron chi connectivity index (χ3n) is 3.58. The van der Waals surface area contributed by atoms with Gasteiger partial charge in [-0.15, -0.1) is 5.10 Å². The standard InChI is InChI=1S/C15H11ClF3N5O3S/c16-11-6-8(21-14-22-13(20)23-24-14)5-10(15(17,18)19)12(11)7-2-1-3-9(4-7)28(25,26)27/h1-6H,(H,25,26,27)(H4,20,21,22,23,24). The van der Waals surface area contributed by atoms with Crippen LogP contribution in [-0.4, -0.2) is 28.2 Å². The molecular weight excluding hydrogens is 423 g/mol. The van der Waals surface area contributed by atoms with E-state index in [1.165, 1.54) is 18.2 Å². The Morgan fingerprint density at radius 1 is 1.21 bits per heavy atom. The molecule has 0 amide bonds. The zero-order valence-corrected chi connectivity index (χ0v) is 15.2. The molecule has 0 atom stereocenters. The quantitative estimate of drug-likeness (QED) is 0.460. The van der Waals surface area contributed by atoms with Crippen molar-refractivity contribution in [2.45, 2.75) is 11.1 Å². The van der Waals surface area contributed by atoms with Crippen LogP contribution in [0, 0.1) is 0 Å². The Hall–Kier alpha value is -2.83. The Bertz CT molecular complexity index is 1150. The molecule has 0 radical (unpaired) electrons. The molecule has 0 saturated heterocycles. The highest BCUT2D eigenvalue weighted by Gasteiger charge is 2.35. The monoisotopic (exact) mass is 433 g/mol. The second-order valence-corrected chi connectivity index (χ2v) is 7.38. The minimum atomic E-state index is -4.82. The van der Waals surface area contributed by atoms with Gasteiger partial charge in [-0.25, -0.2) is 5.10 Å². The second kappa shape index (κ2) is 6.96. The van der Waals surface area contributed by atoms with Crippen molar-refractivity contribution in [3.8, 4) is 11.1 Å². The summed E-state index contributed by atoms with van der Waals surface area (Å²) in [5.41, 5.74) is 3.59. The van der Waals surface area contributed by atoms with Gasteiger partial charge in [-0.1, -0.05) is 23.7 Å². The average Bonchev–Trinajstić information content (AvgIpc) is 2.97. The van der Waals surface area contributed by atoms with Crippen molar-refractivity contribution in [2.75, 3.05) is 11.1 Å². The van der Waals surface area contributed by atoms with Gasteiger partial charge in [0.2, 0.25) is 11.9 Å². The van der Waals surface area contributed by atoms with Crippen molar-refractivity contribution < 1.29 is 26.1 Å². The Kier molecular flexibility index (Phi) is 4.95. The lowest BCUT2D eigenvalue weighted by Gasteiger charge is -2.17. The molecule has 28 heavy (non-hydrogen) atoms. The lowest BCUT2D eigenvalue weighted by Crippen LogP contribution is -2.09. The zero-order chi connectivity index (χ0) is 20.7. The van der Waals surface area contributed by atoms with Crippen LogP contribution in [0.25, 0.3) is 11.1 Å². The maximum Gasteiger partial charge on any atom is 0.417 e. The number of rotatable bonds is 4. The van der Waals surface area contributed by atoms with Crippen molar-refractivity contribution in [3.05, 3.63) is 47.0 Å². The first-order valence-corrected chi connectivity index (χ1v) is 9.20. The molecule has 0 aliphatic carbocycles. The number of aromatic nitrogens is 3. The van der Waals surface area contributed by atoms with E-state index in [1.54, 1.807) is 0 Å². The molecule has 148 valence electrons. The Balaban J connectivity index is 2.16. The summed E-state index contributed by atoms with van der Waals surface area (Å²) in [6.07, 6.45) is -4.82. The van der Waals surface area contributed by atoms with Gasteiger partial charge in [-0.3, -0.25) is 4.55 Å². The first kappa shape index (κ1) is 19.9. The number of anilines is 3. The van der Waals surface area contributed by atoms with Gasteiger partial charge in [0.15, 0.2) is 0 Å². The van der Waals surface area contributed by atoms with Crippen LogP contribution in [0.2, 0.25) is 5.02 Å². The van der Waals surface area contributed by atoms with Crippen molar-refractivity contribution in [1.82, 2.24) is 15.2 Å². The molecule has 13 heteroatoms. The molecule has 8 nitrogen and oxygen atoms in total. The zero-order valence-electron chi connectivity index (χ0n) is 13.6. The molecule has 0 aliphatic heterocycles. The molecule has 3 rings (SSSR count). The number of alkyl halides is 3. The van der Waals surface area contributed by atoms with Crippen molar-refractivity contribution >= 4 is 39.3 Å². The van der Waals surface area contributed by atoms with Crippen molar-refractivity contribution in [1.29, 1.82) is 0 Å². The average molecular weight is 434 g/mol. The molecule has 1 heterocycles. The highest BCUT2D eigenvalue weighted by molar-refractivity contribution is 7.85. The van der Waals surface area contributed by atoms with Crippen molar-refractivity contribution in [2.24, 2.45) is 0 Å². The van der Waals surface area contributed by atoms with E-state index in [1.807, 2.05) is 0 Å². The van der Waals surface area contributed by atoms with E-state index in [9.17, 15) is 21.6 Å². The summed E-state index contributed by atoms with van der Waals surface area (Å²) < 4.78 is 72.7. The van der Waals surface area contributed by atoms with Crippen LogP contribution in [0.4, 0.5) is 30.8 Å². The smallest absolute Gasteiger partial charge is 0.368 e. The lowest BCUT2D eigenvalue weighted by molar-refractivity contribution is -0.137. The second-order valence-electron chi connectivity index (χ2n) is 5.55. The topological polar surface area (TPSA) is 134 Å². The van der Waals surface area contributed by atoms with Crippen LogP contribution in [-0.2, 0) is 16.3 Å². The summed E-state index contributed by atoms with van der Waals surface area (Å²) in [6, 6.07) is 6.34. The molecule has 0 spiro atoms. The number of benzene rings is 2. The molecule has 1 aromatic heterocycles. The number of H-pyrrole nitrogens is 1. The molecule has 5 N–H and O–H groups in total. The third-order valence-corrected chi connectivity index (χ3v) is 4.72. The van der Waals surface area contributed by atoms with Gasteiger partial charge in [0.1, 0.15) is 0 Å². The predicted molar refractivity (Wildman–Crippen MR) is 95.8 cm³/mol. The number of halogens is 4. The molecular formula is C15H11ClF3N5O3S.